The van der Waals surface area contributed by atoms with Gasteiger partial charge in [0.15, 0.2) is 0 Å². The average molecular weight is 485 g/mol. The van der Waals surface area contributed by atoms with Gasteiger partial charge in [0.05, 0.1) is 15.7 Å². The van der Waals surface area contributed by atoms with Crippen molar-refractivity contribution in [3.8, 4) is 0 Å². The van der Waals surface area contributed by atoms with E-state index in [4.69, 9.17) is 34.0 Å². The Hall–Kier alpha value is -2.34. The van der Waals surface area contributed by atoms with Gasteiger partial charge < -0.3 is 5.73 Å². The predicted octanol–water partition coefficient (Wildman–Crippen LogP) is 5.45. The number of nitrogens with zero attached hydrogens (tertiary/aromatic N) is 3. The summed E-state index contributed by atoms with van der Waals surface area (Å²) in [5, 5.41) is 5.91. The molecule has 0 radical (unpaired) electrons. The maximum absolute atomic E-state index is 13.0. The summed E-state index contributed by atoms with van der Waals surface area (Å²) in [4.78, 5) is 15.3. The van der Waals surface area contributed by atoms with Gasteiger partial charge >= 0.3 is 0 Å². The first-order valence-electron chi connectivity index (χ1n) is 11.4. The number of carbonyl (C=O) groups is 1. The summed E-state index contributed by atoms with van der Waals surface area (Å²) < 4.78 is 2.10. The summed E-state index contributed by atoms with van der Waals surface area (Å²) in [7, 11) is 0. The van der Waals surface area contributed by atoms with Crippen LogP contribution in [0.5, 0.6) is 0 Å². The van der Waals surface area contributed by atoms with Crippen LogP contribution in [0.25, 0.3) is 0 Å². The highest BCUT2D eigenvalue weighted by molar-refractivity contribution is 6.42. The fraction of sp³-hybridized carbons (Fsp3) is 0.385. The van der Waals surface area contributed by atoms with Crippen molar-refractivity contribution in [1.82, 2.24) is 14.7 Å². The van der Waals surface area contributed by atoms with Crippen LogP contribution in [0.2, 0.25) is 10.0 Å². The zero-order valence-electron chi connectivity index (χ0n) is 19.3. The van der Waals surface area contributed by atoms with Gasteiger partial charge in [-0.25, -0.2) is 0 Å². The number of benzene rings is 2. The number of aromatic nitrogens is 2. The third-order valence-corrected chi connectivity index (χ3v) is 7.70. The summed E-state index contributed by atoms with van der Waals surface area (Å²) in [5.41, 5.74) is 10.6. The predicted molar refractivity (Wildman–Crippen MR) is 134 cm³/mol. The summed E-state index contributed by atoms with van der Waals surface area (Å²) in [6.45, 7) is 7.66. The Morgan fingerprint density at radius 3 is 2.55 bits per heavy atom. The van der Waals surface area contributed by atoms with Crippen LogP contribution in [0.15, 0.2) is 48.5 Å². The standard InChI is InChI=1S/C26H30Cl2N4O/c1-4-32-23-14-15-31(26(3,25(29)33)19-8-6-5-7-9-19)22(24(23)17(2)30-32)13-11-18-10-12-20(27)21(28)16-18/h5-10,12,16,22H,4,11,13-15H2,1-3H3,(H2,29,33). The molecule has 4 rings (SSSR count). The molecule has 1 amide bonds. The van der Waals surface area contributed by atoms with Gasteiger partial charge in [-0.1, -0.05) is 59.6 Å². The van der Waals surface area contributed by atoms with E-state index in [0.29, 0.717) is 10.0 Å². The van der Waals surface area contributed by atoms with Crippen LogP contribution in [0, 0.1) is 6.92 Å². The first-order chi connectivity index (χ1) is 15.8. The van der Waals surface area contributed by atoms with Crippen LogP contribution in [0.1, 0.15) is 54.4 Å². The lowest BCUT2D eigenvalue weighted by molar-refractivity contribution is -0.132. The zero-order valence-corrected chi connectivity index (χ0v) is 20.8. The average Bonchev–Trinajstić information content (AvgIpc) is 3.15. The van der Waals surface area contributed by atoms with Crippen molar-refractivity contribution in [2.45, 2.75) is 58.2 Å². The Balaban J connectivity index is 1.78. The Kier molecular flexibility index (Phi) is 6.85. The number of halogens is 2. The number of aryl methyl sites for hydroxylation is 3. The molecule has 2 N–H and O–H groups in total. The van der Waals surface area contributed by atoms with Crippen molar-refractivity contribution in [2.24, 2.45) is 5.73 Å². The first kappa shape index (κ1) is 23.8. The highest BCUT2D eigenvalue weighted by Gasteiger charge is 2.46. The SMILES string of the molecule is CCn1nc(C)c2c1CCN(C(C)(C(N)=O)c1ccccc1)C2CCc1ccc(Cl)c(Cl)c1. The molecule has 0 fully saturated rings. The summed E-state index contributed by atoms with van der Waals surface area (Å²) in [6.07, 6.45) is 2.41. The quantitative estimate of drug-likeness (QED) is 0.484. The molecule has 1 aliphatic rings. The minimum absolute atomic E-state index is 0.0128. The van der Waals surface area contributed by atoms with Gasteiger partial charge in [0.2, 0.25) is 5.91 Å². The van der Waals surface area contributed by atoms with E-state index in [2.05, 4.69) is 23.4 Å². The molecule has 1 aromatic heterocycles. The van der Waals surface area contributed by atoms with E-state index >= 15 is 0 Å². The molecule has 0 bridgehead atoms. The van der Waals surface area contributed by atoms with E-state index in [-0.39, 0.29) is 11.9 Å². The number of fused-ring (bicyclic) bond motifs is 1. The zero-order chi connectivity index (χ0) is 23.8. The molecule has 174 valence electrons. The van der Waals surface area contributed by atoms with Crippen LogP contribution >= 0.6 is 23.2 Å². The maximum Gasteiger partial charge on any atom is 0.242 e. The van der Waals surface area contributed by atoms with Crippen LogP contribution in [-0.2, 0) is 29.7 Å². The number of hydrogen-bond donors (Lipinski definition) is 1. The lowest BCUT2D eigenvalue weighted by Gasteiger charge is -2.47. The molecule has 0 spiro atoms. The Bertz CT molecular complexity index is 1160. The molecular weight excluding hydrogens is 455 g/mol. The fourth-order valence-corrected chi connectivity index (χ4v) is 5.51. The molecular formula is C26H30Cl2N4O. The van der Waals surface area contributed by atoms with Crippen molar-refractivity contribution in [3.63, 3.8) is 0 Å². The van der Waals surface area contributed by atoms with E-state index in [1.807, 2.05) is 55.5 Å². The molecule has 0 aliphatic carbocycles. The number of primary amides is 1. The van der Waals surface area contributed by atoms with Gasteiger partial charge in [-0.2, -0.15) is 5.10 Å². The van der Waals surface area contributed by atoms with Crippen LogP contribution in [0.4, 0.5) is 0 Å². The molecule has 2 unspecified atom stereocenters. The van der Waals surface area contributed by atoms with Gasteiger partial charge in [0, 0.05) is 36.8 Å². The van der Waals surface area contributed by atoms with Gasteiger partial charge in [-0.15, -0.1) is 0 Å². The second kappa shape index (κ2) is 9.49. The van der Waals surface area contributed by atoms with Crippen molar-refractivity contribution >= 4 is 29.1 Å². The number of hydrogen-bond acceptors (Lipinski definition) is 3. The van der Waals surface area contributed by atoms with Gasteiger partial charge in [0.1, 0.15) is 5.54 Å². The minimum atomic E-state index is -0.942. The van der Waals surface area contributed by atoms with Crippen LogP contribution in [-0.4, -0.2) is 27.1 Å². The Morgan fingerprint density at radius 1 is 1.18 bits per heavy atom. The number of nitrogens with two attached hydrogens (primary N) is 1. The molecule has 3 aromatic rings. The van der Waals surface area contributed by atoms with E-state index in [0.717, 1.165) is 49.2 Å². The van der Waals surface area contributed by atoms with E-state index in [1.54, 1.807) is 0 Å². The number of rotatable bonds is 7. The van der Waals surface area contributed by atoms with Gasteiger partial charge in [0.25, 0.3) is 0 Å². The third-order valence-electron chi connectivity index (χ3n) is 6.96. The molecule has 0 saturated carbocycles. The molecule has 7 heteroatoms. The largest absolute Gasteiger partial charge is 0.368 e. The molecule has 2 aromatic carbocycles. The van der Waals surface area contributed by atoms with Crippen molar-refractivity contribution in [3.05, 3.63) is 86.7 Å². The van der Waals surface area contributed by atoms with Crippen LogP contribution < -0.4 is 5.73 Å². The van der Waals surface area contributed by atoms with Gasteiger partial charge in [-0.05, 0) is 56.9 Å². The van der Waals surface area contributed by atoms with E-state index in [9.17, 15) is 4.79 Å². The van der Waals surface area contributed by atoms with Gasteiger partial charge in [-0.3, -0.25) is 14.4 Å². The van der Waals surface area contributed by atoms with Crippen molar-refractivity contribution in [2.75, 3.05) is 6.54 Å². The number of amides is 1. The second-order valence-corrected chi connectivity index (χ2v) is 9.62. The molecule has 0 saturated heterocycles. The smallest absolute Gasteiger partial charge is 0.242 e. The fourth-order valence-electron chi connectivity index (χ4n) is 5.19. The lowest BCUT2D eigenvalue weighted by Crippen LogP contribution is -2.56. The minimum Gasteiger partial charge on any atom is -0.368 e. The molecule has 5 nitrogen and oxygen atoms in total. The second-order valence-electron chi connectivity index (χ2n) is 8.81. The molecule has 1 aliphatic heterocycles. The lowest BCUT2D eigenvalue weighted by atomic mass is 9.82. The molecule has 2 atom stereocenters. The van der Waals surface area contributed by atoms with Crippen molar-refractivity contribution in [1.29, 1.82) is 0 Å². The highest BCUT2D eigenvalue weighted by Crippen LogP contribution is 2.43. The molecule has 33 heavy (non-hydrogen) atoms. The molecule has 2 heterocycles. The summed E-state index contributed by atoms with van der Waals surface area (Å²) in [5.74, 6) is -0.350. The highest BCUT2D eigenvalue weighted by atomic mass is 35.5. The Morgan fingerprint density at radius 2 is 1.91 bits per heavy atom. The normalized spacial score (nSPS) is 18.0. The monoisotopic (exact) mass is 484 g/mol. The third kappa shape index (κ3) is 4.30. The summed E-state index contributed by atoms with van der Waals surface area (Å²) >= 11 is 12.4. The first-order valence-corrected chi connectivity index (χ1v) is 12.1. The number of carbonyl (C=O) groups excluding carboxylic acids is 1. The topological polar surface area (TPSA) is 64.2 Å². The van der Waals surface area contributed by atoms with Crippen molar-refractivity contribution < 1.29 is 4.79 Å². The Labute approximate surface area is 205 Å². The maximum atomic E-state index is 13.0. The van der Waals surface area contributed by atoms with Crippen LogP contribution in [0.3, 0.4) is 0 Å². The van der Waals surface area contributed by atoms with E-state index in [1.165, 1.54) is 11.3 Å². The summed E-state index contributed by atoms with van der Waals surface area (Å²) in [6, 6.07) is 15.6. The van der Waals surface area contributed by atoms with E-state index < -0.39 is 5.54 Å².